The molecule has 2 aliphatic rings. The minimum Gasteiger partial charge on any atom is -0.349 e. The normalized spacial score (nSPS) is 22.2. The van der Waals surface area contributed by atoms with Crippen molar-refractivity contribution in [1.29, 1.82) is 0 Å². The fourth-order valence-corrected chi connectivity index (χ4v) is 3.09. The van der Waals surface area contributed by atoms with Crippen LogP contribution in [0.3, 0.4) is 0 Å². The number of benzene rings is 1. The van der Waals surface area contributed by atoms with E-state index in [-0.39, 0.29) is 17.9 Å². The van der Waals surface area contributed by atoms with Gasteiger partial charge in [0.1, 0.15) is 0 Å². The van der Waals surface area contributed by atoms with Gasteiger partial charge in [0.05, 0.1) is 12.0 Å². The number of amides is 1. The number of carbonyl (C=O) groups is 1. The van der Waals surface area contributed by atoms with Crippen LogP contribution in [0, 0.1) is 5.92 Å². The van der Waals surface area contributed by atoms with Gasteiger partial charge in [-0.3, -0.25) is 4.79 Å². The van der Waals surface area contributed by atoms with Gasteiger partial charge in [0, 0.05) is 13.1 Å². The highest BCUT2D eigenvalue weighted by molar-refractivity contribution is 5.80. The van der Waals surface area contributed by atoms with Crippen LogP contribution >= 0.6 is 0 Å². The molecule has 1 amide bonds. The predicted octanol–water partition coefficient (Wildman–Crippen LogP) is 2.52. The van der Waals surface area contributed by atoms with E-state index in [1.54, 1.807) is 0 Å². The molecule has 1 aromatic carbocycles. The first kappa shape index (κ1) is 13.6. The van der Waals surface area contributed by atoms with Gasteiger partial charge in [-0.2, -0.15) is 0 Å². The summed E-state index contributed by atoms with van der Waals surface area (Å²) in [5.41, 5.74) is 4.14. The fraction of sp³-hybridized carbons (Fsp3) is 0.588. The third-order valence-electron chi connectivity index (χ3n) is 4.62. The van der Waals surface area contributed by atoms with Crippen LogP contribution in [0.15, 0.2) is 18.2 Å². The second-order valence-electron chi connectivity index (χ2n) is 6.42. The van der Waals surface area contributed by atoms with Crippen LogP contribution in [-0.4, -0.2) is 19.0 Å². The molecule has 1 aliphatic heterocycles. The maximum atomic E-state index is 12.2. The Morgan fingerprint density at radius 2 is 2.15 bits per heavy atom. The van der Waals surface area contributed by atoms with Crippen molar-refractivity contribution >= 4 is 5.91 Å². The molecule has 1 aliphatic carbocycles. The fourth-order valence-electron chi connectivity index (χ4n) is 3.09. The molecular weight excluding hydrogens is 248 g/mol. The summed E-state index contributed by atoms with van der Waals surface area (Å²) in [6, 6.07) is 7.02. The lowest BCUT2D eigenvalue weighted by atomic mass is 9.84. The van der Waals surface area contributed by atoms with Crippen molar-refractivity contribution in [3.63, 3.8) is 0 Å². The number of carbonyl (C=O) groups excluding carboxylic acids is 1. The molecule has 1 saturated heterocycles. The van der Waals surface area contributed by atoms with E-state index in [1.807, 2.05) is 0 Å². The van der Waals surface area contributed by atoms with Crippen molar-refractivity contribution in [2.45, 2.75) is 45.1 Å². The van der Waals surface area contributed by atoms with Gasteiger partial charge < -0.3 is 10.6 Å². The zero-order valence-corrected chi connectivity index (χ0v) is 12.4. The topological polar surface area (TPSA) is 41.1 Å². The van der Waals surface area contributed by atoms with Crippen molar-refractivity contribution in [2.75, 3.05) is 13.1 Å². The zero-order valence-electron chi connectivity index (χ0n) is 12.4. The summed E-state index contributed by atoms with van der Waals surface area (Å²) in [5, 5.41) is 6.43. The number of rotatable bonds is 3. The summed E-state index contributed by atoms with van der Waals surface area (Å²) in [7, 11) is 0. The van der Waals surface area contributed by atoms with Gasteiger partial charge in [0.15, 0.2) is 0 Å². The molecule has 0 radical (unpaired) electrons. The molecule has 2 N–H and O–H groups in total. The van der Waals surface area contributed by atoms with Crippen molar-refractivity contribution in [1.82, 2.24) is 10.6 Å². The van der Waals surface area contributed by atoms with E-state index in [2.05, 4.69) is 42.7 Å². The molecule has 1 atom stereocenters. The molecular formula is C17H24N2O. The summed E-state index contributed by atoms with van der Waals surface area (Å²) >= 11 is 0. The van der Waals surface area contributed by atoms with Crippen LogP contribution < -0.4 is 10.6 Å². The average Bonchev–Trinajstić information content (AvgIpc) is 2.36. The summed E-state index contributed by atoms with van der Waals surface area (Å²) in [5.74, 6) is 0.930. The molecule has 0 aromatic heterocycles. The molecule has 20 heavy (non-hydrogen) atoms. The van der Waals surface area contributed by atoms with Crippen molar-refractivity contribution < 1.29 is 4.79 Å². The lowest BCUT2D eigenvalue weighted by Crippen LogP contribution is -2.51. The highest BCUT2D eigenvalue weighted by atomic mass is 16.2. The maximum Gasteiger partial charge on any atom is 0.226 e. The van der Waals surface area contributed by atoms with Crippen LogP contribution in [0.4, 0.5) is 0 Å². The number of hydrogen-bond donors (Lipinski definition) is 2. The first-order valence-electron chi connectivity index (χ1n) is 7.79. The Balaban J connectivity index is 1.80. The number of hydrogen-bond acceptors (Lipinski definition) is 2. The van der Waals surface area contributed by atoms with Gasteiger partial charge in [-0.15, -0.1) is 0 Å². The molecule has 0 spiro atoms. The van der Waals surface area contributed by atoms with Gasteiger partial charge >= 0.3 is 0 Å². The number of fused-ring (bicyclic) bond motifs is 1. The molecule has 0 bridgehead atoms. The second-order valence-corrected chi connectivity index (χ2v) is 6.42. The molecule has 3 heteroatoms. The van der Waals surface area contributed by atoms with E-state index in [9.17, 15) is 4.79 Å². The highest BCUT2D eigenvalue weighted by Crippen LogP contribution is 2.32. The first-order chi connectivity index (χ1) is 9.65. The molecule has 0 unspecified atom stereocenters. The molecule has 3 nitrogen and oxygen atoms in total. The maximum absolute atomic E-state index is 12.2. The van der Waals surface area contributed by atoms with Crippen LogP contribution in [0.5, 0.6) is 0 Å². The van der Waals surface area contributed by atoms with E-state index in [0.29, 0.717) is 5.92 Å². The van der Waals surface area contributed by atoms with E-state index in [4.69, 9.17) is 0 Å². The van der Waals surface area contributed by atoms with E-state index >= 15 is 0 Å². The lowest BCUT2D eigenvalue weighted by Gasteiger charge is -2.31. The molecule has 3 rings (SSSR count). The van der Waals surface area contributed by atoms with Crippen LogP contribution in [0.1, 0.15) is 55.3 Å². The second kappa shape index (κ2) is 5.57. The third kappa shape index (κ3) is 2.59. The number of nitrogens with one attached hydrogen (secondary N) is 2. The minimum atomic E-state index is 0.175. The number of aryl methyl sites for hydroxylation is 1. The Morgan fingerprint density at radius 1 is 1.35 bits per heavy atom. The Labute approximate surface area is 121 Å². The van der Waals surface area contributed by atoms with Crippen molar-refractivity contribution in [3.8, 4) is 0 Å². The van der Waals surface area contributed by atoms with Crippen molar-refractivity contribution in [2.24, 2.45) is 5.92 Å². The van der Waals surface area contributed by atoms with Gasteiger partial charge in [-0.05, 0) is 41.9 Å². The van der Waals surface area contributed by atoms with E-state index in [0.717, 1.165) is 25.9 Å². The van der Waals surface area contributed by atoms with Crippen LogP contribution in [-0.2, 0) is 11.2 Å². The summed E-state index contributed by atoms with van der Waals surface area (Å²) in [4.78, 5) is 12.2. The minimum absolute atomic E-state index is 0.175. The Hall–Kier alpha value is -1.35. The largest absolute Gasteiger partial charge is 0.349 e. The standard InChI is InChI=1S/C17H24N2O/c1-11(2)13-7-6-12-4-3-5-16(15(12)8-13)19-17(20)14-9-18-10-14/h6-8,11,14,16,18H,3-5,9-10H2,1-2H3,(H,19,20)/t16-/m1/s1. The predicted molar refractivity (Wildman–Crippen MR) is 80.7 cm³/mol. The van der Waals surface area contributed by atoms with Crippen molar-refractivity contribution in [3.05, 3.63) is 34.9 Å². The molecule has 1 aromatic rings. The van der Waals surface area contributed by atoms with Gasteiger partial charge in [0.25, 0.3) is 0 Å². The van der Waals surface area contributed by atoms with Gasteiger partial charge in [0.2, 0.25) is 5.91 Å². The SMILES string of the molecule is CC(C)c1ccc2c(c1)[C@H](NC(=O)C1CNC1)CCC2. The third-order valence-corrected chi connectivity index (χ3v) is 4.62. The lowest BCUT2D eigenvalue weighted by molar-refractivity contribution is -0.127. The van der Waals surface area contributed by atoms with Crippen LogP contribution in [0.2, 0.25) is 0 Å². The van der Waals surface area contributed by atoms with Gasteiger partial charge in [-0.1, -0.05) is 32.0 Å². The monoisotopic (exact) mass is 272 g/mol. The molecule has 1 heterocycles. The zero-order chi connectivity index (χ0) is 14.1. The summed E-state index contributed by atoms with van der Waals surface area (Å²) in [6.45, 7) is 6.10. The average molecular weight is 272 g/mol. The molecule has 108 valence electrons. The first-order valence-corrected chi connectivity index (χ1v) is 7.79. The van der Waals surface area contributed by atoms with Gasteiger partial charge in [-0.25, -0.2) is 0 Å². The highest BCUT2D eigenvalue weighted by Gasteiger charge is 2.29. The van der Waals surface area contributed by atoms with E-state index < -0.39 is 0 Å². The summed E-state index contributed by atoms with van der Waals surface area (Å²) in [6.07, 6.45) is 3.38. The molecule has 0 saturated carbocycles. The smallest absolute Gasteiger partial charge is 0.226 e. The van der Waals surface area contributed by atoms with Crippen LogP contribution in [0.25, 0.3) is 0 Å². The Bertz CT molecular complexity index is 506. The Kier molecular flexibility index (Phi) is 3.79. The van der Waals surface area contributed by atoms with E-state index in [1.165, 1.54) is 23.1 Å². The molecule has 1 fully saturated rings. The Morgan fingerprint density at radius 3 is 2.80 bits per heavy atom. The summed E-state index contributed by atoms with van der Waals surface area (Å²) < 4.78 is 0. The quantitative estimate of drug-likeness (QED) is 0.887.